The van der Waals surface area contributed by atoms with Crippen LogP contribution in [0.25, 0.3) is 0 Å². The van der Waals surface area contributed by atoms with Crippen LogP contribution in [0.4, 0.5) is 5.82 Å². The normalized spacial score (nSPS) is 9.60. The van der Waals surface area contributed by atoms with Crippen molar-refractivity contribution in [3.8, 4) is 0 Å². The van der Waals surface area contributed by atoms with Crippen molar-refractivity contribution in [3.63, 3.8) is 0 Å². The number of nitrogens with zero attached hydrogens (tertiary/aromatic N) is 1. The molecule has 1 heterocycles. The Hall–Kier alpha value is -2.11. The number of aromatic nitrogens is 1. The molecular formula is C9H12N4O2. The summed E-state index contributed by atoms with van der Waals surface area (Å²) in [6.07, 6.45) is 1.55. The van der Waals surface area contributed by atoms with Gasteiger partial charge in [-0.05, 0) is 12.1 Å². The lowest BCUT2D eigenvalue weighted by atomic mass is 10.2. The standard InChI is InChI=1S/C9H12N4O2/c10-8(11)6-2-1-4-12-9(6)13-5-3-7(14)15/h1-2,4H,3,5H2,(H3,10,11)(H,12,13)(H,14,15). The first-order chi connectivity index (χ1) is 7.11. The Morgan fingerprint density at radius 2 is 2.40 bits per heavy atom. The Balaban J connectivity index is 2.67. The van der Waals surface area contributed by atoms with Crippen LogP contribution in [-0.2, 0) is 4.79 Å². The molecular weight excluding hydrogens is 196 g/mol. The van der Waals surface area contributed by atoms with Crippen molar-refractivity contribution in [2.75, 3.05) is 11.9 Å². The van der Waals surface area contributed by atoms with Crippen LogP contribution in [0.2, 0.25) is 0 Å². The quantitative estimate of drug-likeness (QED) is 0.409. The summed E-state index contributed by atoms with van der Waals surface area (Å²) < 4.78 is 0. The number of carboxylic acid groups (broad SMARTS) is 1. The van der Waals surface area contributed by atoms with Crippen molar-refractivity contribution in [1.82, 2.24) is 4.98 Å². The average molecular weight is 208 g/mol. The number of carbonyl (C=O) groups is 1. The molecule has 0 unspecified atom stereocenters. The molecule has 80 valence electrons. The van der Waals surface area contributed by atoms with E-state index in [-0.39, 0.29) is 18.8 Å². The third-order valence-electron chi connectivity index (χ3n) is 1.73. The minimum atomic E-state index is -0.886. The van der Waals surface area contributed by atoms with E-state index in [0.29, 0.717) is 11.4 Å². The van der Waals surface area contributed by atoms with Crippen LogP contribution in [0.15, 0.2) is 18.3 Å². The first-order valence-corrected chi connectivity index (χ1v) is 4.36. The highest BCUT2D eigenvalue weighted by molar-refractivity contribution is 5.99. The van der Waals surface area contributed by atoms with Crippen LogP contribution in [-0.4, -0.2) is 28.4 Å². The Labute approximate surface area is 86.6 Å². The van der Waals surface area contributed by atoms with Crippen molar-refractivity contribution in [3.05, 3.63) is 23.9 Å². The summed E-state index contributed by atoms with van der Waals surface area (Å²) in [7, 11) is 0. The summed E-state index contributed by atoms with van der Waals surface area (Å²) in [6, 6.07) is 3.32. The number of amidine groups is 1. The molecule has 0 bridgehead atoms. The Bertz CT molecular complexity index is 378. The van der Waals surface area contributed by atoms with Crippen molar-refractivity contribution in [1.29, 1.82) is 5.41 Å². The first kappa shape index (κ1) is 11.0. The summed E-state index contributed by atoms with van der Waals surface area (Å²) in [5, 5.41) is 18.5. The second-order valence-electron chi connectivity index (χ2n) is 2.88. The van der Waals surface area contributed by atoms with E-state index >= 15 is 0 Å². The van der Waals surface area contributed by atoms with Gasteiger partial charge < -0.3 is 16.2 Å². The Morgan fingerprint density at radius 3 is 3.00 bits per heavy atom. The van der Waals surface area contributed by atoms with Gasteiger partial charge in [0.25, 0.3) is 0 Å². The fraction of sp³-hybridized carbons (Fsp3) is 0.222. The highest BCUT2D eigenvalue weighted by Gasteiger charge is 2.05. The molecule has 0 aromatic carbocycles. The fourth-order valence-corrected chi connectivity index (χ4v) is 1.05. The summed E-state index contributed by atoms with van der Waals surface area (Å²) >= 11 is 0. The molecule has 0 saturated carbocycles. The Kier molecular flexibility index (Phi) is 3.61. The van der Waals surface area contributed by atoms with Crippen LogP contribution in [0.1, 0.15) is 12.0 Å². The molecule has 0 spiro atoms. The number of nitrogens with one attached hydrogen (secondary N) is 2. The highest BCUT2D eigenvalue weighted by atomic mass is 16.4. The molecule has 0 aliphatic rings. The molecule has 5 N–H and O–H groups in total. The predicted molar refractivity (Wildman–Crippen MR) is 56.0 cm³/mol. The lowest BCUT2D eigenvalue weighted by molar-refractivity contribution is -0.136. The lowest BCUT2D eigenvalue weighted by Gasteiger charge is -2.08. The van der Waals surface area contributed by atoms with Gasteiger partial charge in [0.05, 0.1) is 12.0 Å². The number of aliphatic carboxylic acids is 1. The smallest absolute Gasteiger partial charge is 0.305 e. The van der Waals surface area contributed by atoms with Crippen LogP contribution >= 0.6 is 0 Å². The van der Waals surface area contributed by atoms with Gasteiger partial charge in [-0.1, -0.05) is 0 Å². The third-order valence-corrected chi connectivity index (χ3v) is 1.73. The largest absolute Gasteiger partial charge is 0.481 e. The molecule has 0 fully saturated rings. The molecule has 1 aromatic rings. The summed E-state index contributed by atoms with van der Waals surface area (Å²) in [5.41, 5.74) is 5.81. The van der Waals surface area contributed by atoms with E-state index in [9.17, 15) is 4.79 Å². The minimum Gasteiger partial charge on any atom is -0.481 e. The van der Waals surface area contributed by atoms with E-state index < -0.39 is 5.97 Å². The Morgan fingerprint density at radius 1 is 1.67 bits per heavy atom. The zero-order chi connectivity index (χ0) is 11.3. The number of nitrogens with two attached hydrogens (primary N) is 1. The van der Waals surface area contributed by atoms with Crippen molar-refractivity contribution < 1.29 is 9.90 Å². The summed E-state index contributed by atoms with van der Waals surface area (Å²) in [5.74, 6) is -0.546. The van der Waals surface area contributed by atoms with E-state index in [4.69, 9.17) is 16.2 Å². The van der Waals surface area contributed by atoms with Gasteiger partial charge in [-0.2, -0.15) is 0 Å². The maximum Gasteiger partial charge on any atom is 0.305 e. The van der Waals surface area contributed by atoms with Gasteiger partial charge in [0.1, 0.15) is 11.7 Å². The van der Waals surface area contributed by atoms with E-state index in [1.54, 1.807) is 18.3 Å². The number of nitrogen functional groups attached to an aromatic ring is 1. The number of hydrogen-bond donors (Lipinski definition) is 4. The third kappa shape index (κ3) is 3.26. The van der Waals surface area contributed by atoms with Gasteiger partial charge in [-0.15, -0.1) is 0 Å². The zero-order valence-electron chi connectivity index (χ0n) is 8.03. The lowest BCUT2D eigenvalue weighted by Crippen LogP contribution is -2.16. The van der Waals surface area contributed by atoms with Crippen LogP contribution in [0.5, 0.6) is 0 Å². The molecule has 15 heavy (non-hydrogen) atoms. The number of rotatable bonds is 5. The average Bonchev–Trinajstić information content (AvgIpc) is 2.17. The van der Waals surface area contributed by atoms with Crippen molar-refractivity contribution >= 4 is 17.6 Å². The van der Waals surface area contributed by atoms with Gasteiger partial charge in [0.2, 0.25) is 0 Å². The fourth-order valence-electron chi connectivity index (χ4n) is 1.05. The molecule has 0 saturated heterocycles. The monoisotopic (exact) mass is 208 g/mol. The van der Waals surface area contributed by atoms with Gasteiger partial charge in [0, 0.05) is 12.7 Å². The van der Waals surface area contributed by atoms with E-state index in [2.05, 4.69) is 10.3 Å². The maximum atomic E-state index is 10.3. The van der Waals surface area contributed by atoms with E-state index in [1.165, 1.54) is 0 Å². The highest BCUT2D eigenvalue weighted by Crippen LogP contribution is 2.09. The van der Waals surface area contributed by atoms with Gasteiger partial charge in [-0.25, -0.2) is 4.98 Å². The number of carboxylic acids is 1. The number of hydrogen-bond acceptors (Lipinski definition) is 4. The van der Waals surface area contributed by atoms with Crippen LogP contribution in [0, 0.1) is 5.41 Å². The van der Waals surface area contributed by atoms with Crippen molar-refractivity contribution in [2.45, 2.75) is 6.42 Å². The molecule has 6 nitrogen and oxygen atoms in total. The van der Waals surface area contributed by atoms with Gasteiger partial charge in [-0.3, -0.25) is 10.2 Å². The maximum absolute atomic E-state index is 10.3. The van der Waals surface area contributed by atoms with Crippen LogP contribution in [0.3, 0.4) is 0 Å². The summed E-state index contributed by atoms with van der Waals surface area (Å²) in [6.45, 7) is 0.257. The molecule has 1 aromatic heterocycles. The zero-order valence-corrected chi connectivity index (χ0v) is 8.03. The SMILES string of the molecule is N=C(N)c1cccnc1NCCC(=O)O. The molecule has 6 heteroatoms. The second-order valence-corrected chi connectivity index (χ2v) is 2.88. The topological polar surface area (TPSA) is 112 Å². The van der Waals surface area contributed by atoms with Gasteiger partial charge in [0.15, 0.2) is 0 Å². The van der Waals surface area contributed by atoms with E-state index in [1.807, 2.05) is 0 Å². The minimum absolute atomic E-state index is 0.00603. The summed E-state index contributed by atoms with van der Waals surface area (Å²) in [4.78, 5) is 14.3. The predicted octanol–water partition coefficient (Wildman–Crippen LogP) is 0.252. The van der Waals surface area contributed by atoms with E-state index in [0.717, 1.165) is 0 Å². The molecule has 0 atom stereocenters. The molecule has 0 radical (unpaired) electrons. The van der Waals surface area contributed by atoms with Crippen molar-refractivity contribution in [2.24, 2.45) is 5.73 Å². The molecule has 0 aliphatic heterocycles. The number of anilines is 1. The van der Waals surface area contributed by atoms with Crippen LogP contribution < -0.4 is 11.1 Å². The first-order valence-electron chi connectivity index (χ1n) is 4.36. The molecule has 1 rings (SSSR count). The van der Waals surface area contributed by atoms with Gasteiger partial charge >= 0.3 is 5.97 Å². The molecule has 0 amide bonds. The molecule has 0 aliphatic carbocycles. The second kappa shape index (κ2) is 4.94. The number of pyridine rings is 1.